The largest absolute Gasteiger partial charge is 0.462 e. The van der Waals surface area contributed by atoms with Crippen molar-refractivity contribution >= 4 is 17.9 Å². The van der Waals surface area contributed by atoms with Crippen molar-refractivity contribution in [3.63, 3.8) is 0 Å². The molecule has 0 saturated carbocycles. The van der Waals surface area contributed by atoms with E-state index in [1.165, 1.54) is 148 Å². The molecule has 0 N–H and O–H groups in total. The van der Waals surface area contributed by atoms with Gasteiger partial charge < -0.3 is 14.2 Å². The number of allylic oxidation sites excluding steroid dienone is 12. The molecule has 0 heterocycles. The maximum atomic E-state index is 12.8. The highest BCUT2D eigenvalue weighted by molar-refractivity contribution is 5.71. The molecule has 1 atom stereocenters. The summed E-state index contributed by atoms with van der Waals surface area (Å²) in [5, 5.41) is 0. The van der Waals surface area contributed by atoms with Gasteiger partial charge in [0.15, 0.2) is 6.10 Å². The van der Waals surface area contributed by atoms with Gasteiger partial charge in [-0.3, -0.25) is 14.4 Å². The summed E-state index contributed by atoms with van der Waals surface area (Å²) in [5.74, 6) is -0.989. The van der Waals surface area contributed by atoms with Gasteiger partial charge in [-0.05, 0) is 57.8 Å². The molecule has 6 nitrogen and oxygen atoms in total. The Hall–Kier alpha value is -3.15. The van der Waals surface area contributed by atoms with Crippen molar-refractivity contribution in [2.75, 3.05) is 13.2 Å². The Morgan fingerprint density at radius 3 is 1.06 bits per heavy atom. The highest BCUT2D eigenvalue weighted by Gasteiger charge is 2.19. The molecule has 0 fully saturated rings. The molecule has 0 aliphatic carbocycles. The zero-order chi connectivity index (χ0) is 46.5. The van der Waals surface area contributed by atoms with E-state index in [1.807, 2.05) is 54.7 Å². The summed E-state index contributed by atoms with van der Waals surface area (Å²) < 4.78 is 16.7. The Balaban J connectivity index is 4.41. The third-order valence-electron chi connectivity index (χ3n) is 11.6. The molecular weight excluding hydrogens is 793 g/mol. The SMILES string of the molecule is CC\C=C/C=C\C=C/C=C\C=C/CCCC(=O)OCC(COC(=O)CCCCCCCCCCCCCCCCCCCCC)OC(=O)CCCCC/C=C\CCCCCCCCC. The summed E-state index contributed by atoms with van der Waals surface area (Å²) in [6.45, 7) is 6.43. The quantitative estimate of drug-likeness (QED) is 0.0199. The molecule has 0 aliphatic rings. The van der Waals surface area contributed by atoms with Crippen LogP contribution in [-0.2, 0) is 28.6 Å². The molecule has 0 aromatic rings. The second kappa shape index (κ2) is 52.5. The van der Waals surface area contributed by atoms with Gasteiger partial charge in [0.2, 0.25) is 0 Å². The van der Waals surface area contributed by atoms with E-state index >= 15 is 0 Å². The van der Waals surface area contributed by atoms with E-state index in [-0.39, 0.29) is 37.5 Å². The Morgan fingerprint density at radius 2 is 0.641 bits per heavy atom. The third-order valence-corrected chi connectivity index (χ3v) is 11.6. The van der Waals surface area contributed by atoms with E-state index in [1.54, 1.807) is 0 Å². The summed E-state index contributed by atoms with van der Waals surface area (Å²) in [4.78, 5) is 38.0. The first kappa shape index (κ1) is 60.9. The second-order valence-corrected chi connectivity index (χ2v) is 17.9. The first-order valence-corrected chi connectivity index (χ1v) is 27.0. The van der Waals surface area contributed by atoms with Gasteiger partial charge in [-0.25, -0.2) is 0 Å². The molecule has 0 aromatic heterocycles. The maximum Gasteiger partial charge on any atom is 0.306 e. The maximum absolute atomic E-state index is 12.8. The summed E-state index contributed by atoms with van der Waals surface area (Å²) in [6.07, 6.45) is 66.2. The standard InChI is InChI=1S/C58H100O6/c1-4-7-10-13-16-19-22-25-27-28-29-30-31-34-36-39-42-45-48-51-57(60)63-54-55(53-62-56(59)50-47-44-41-38-35-32-24-21-18-15-12-9-6-3)64-58(61)52-49-46-43-40-37-33-26-23-20-17-14-11-8-5-2/h9,12,15,18,21,24,32-33,35,37-38,41,55H,4-8,10-11,13-14,16-17,19-20,22-23,25-31,34,36,39-40,42-54H2,1-3H3/b12-9-,18-15-,24-21-,35-32-,37-33-,41-38-. The lowest BCUT2D eigenvalue weighted by Gasteiger charge is -2.18. The monoisotopic (exact) mass is 893 g/mol. The minimum atomic E-state index is -0.810. The molecule has 0 aromatic carbocycles. The molecular formula is C58H100O6. The van der Waals surface area contributed by atoms with Crippen LogP contribution < -0.4 is 0 Å². The minimum absolute atomic E-state index is 0.102. The number of carbonyl (C=O) groups excluding carboxylic acids is 3. The average molecular weight is 893 g/mol. The van der Waals surface area contributed by atoms with Crippen LogP contribution in [-0.4, -0.2) is 37.2 Å². The summed E-state index contributed by atoms with van der Waals surface area (Å²) in [6, 6.07) is 0. The van der Waals surface area contributed by atoms with Gasteiger partial charge in [-0.15, -0.1) is 0 Å². The van der Waals surface area contributed by atoms with Gasteiger partial charge in [-0.1, -0.05) is 254 Å². The van der Waals surface area contributed by atoms with E-state index in [9.17, 15) is 14.4 Å². The Morgan fingerprint density at radius 1 is 0.328 bits per heavy atom. The van der Waals surface area contributed by atoms with Crippen LogP contribution in [0.2, 0.25) is 0 Å². The van der Waals surface area contributed by atoms with Crippen LogP contribution in [0.25, 0.3) is 0 Å². The Kier molecular flexibility index (Phi) is 49.9. The molecule has 368 valence electrons. The average Bonchev–Trinajstić information content (AvgIpc) is 3.29. The first-order valence-electron chi connectivity index (χ1n) is 27.0. The fourth-order valence-corrected chi connectivity index (χ4v) is 7.53. The molecule has 0 aliphatic heterocycles. The normalized spacial score (nSPS) is 12.6. The van der Waals surface area contributed by atoms with Crippen LogP contribution in [0, 0.1) is 0 Å². The number of hydrogen-bond acceptors (Lipinski definition) is 6. The molecule has 0 amide bonds. The van der Waals surface area contributed by atoms with E-state index in [4.69, 9.17) is 14.2 Å². The van der Waals surface area contributed by atoms with Crippen molar-refractivity contribution in [1.82, 2.24) is 0 Å². The molecule has 0 saturated heterocycles. The lowest BCUT2D eigenvalue weighted by molar-refractivity contribution is -0.167. The molecule has 0 bridgehead atoms. The fourth-order valence-electron chi connectivity index (χ4n) is 7.53. The lowest BCUT2D eigenvalue weighted by Crippen LogP contribution is -2.30. The summed E-state index contributed by atoms with van der Waals surface area (Å²) in [5.41, 5.74) is 0. The number of carbonyl (C=O) groups is 3. The second-order valence-electron chi connectivity index (χ2n) is 17.9. The molecule has 0 spiro atoms. The minimum Gasteiger partial charge on any atom is -0.462 e. The van der Waals surface area contributed by atoms with Crippen molar-refractivity contribution in [2.45, 2.75) is 264 Å². The van der Waals surface area contributed by atoms with Gasteiger partial charge in [0, 0.05) is 19.3 Å². The van der Waals surface area contributed by atoms with Crippen LogP contribution in [0.5, 0.6) is 0 Å². The number of esters is 3. The fraction of sp³-hybridized carbons (Fsp3) is 0.741. The third kappa shape index (κ3) is 49.9. The Labute approximate surface area is 395 Å². The molecule has 0 rings (SSSR count). The van der Waals surface area contributed by atoms with Crippen molar-refractivity contribution in [3.05, 3.63) is 72.9 Å². The van der Waals surface area contributed by atoms with Crippen LogP contribution in [0.15, 0.2) is 72.9 Å². The first-order chi connectivity index (χ1) is 31.5. The molecule has 64 heavy (non-hydrogen) atoms. The summed E-state index contributed by atoms with van der Waals surface area (Å²) >= 11 is 0. The topological polar surface area (TPSA) is 78.9 Å². The van der Waals surface area contributed by atoms with Gasteiger partial charge in [0.1, 0.15) is 13.2 Å². The van der Waals surface area contributed by atoms with Crippen LogP contribution in [0.4, 0.5) is 0 Å². The smallest absolute Gasteiger partial charge is 0.306 e. The van der Waals surface area contributed by atoms with Crippen LogP contribution >= 0.6 is 0 Å². The van der Waals surface area contributed by atoms with E-state index in [0.717, 1.165) is 64.2 Å². The van der Waals surface area contributed by atoms with E-state index < -0.39 is 6.10 Å². The highest BCUT2D eigenvalue weighted by Crippen LogP contribution is 2.16. The van der Waals surface area contributed by atoms with Gasteiger partial charge in [0.05, 0.1) is 0 Å². The number of hydrogen-bond donors (Lipinski definition) is 0. The summed E-state index contributed by atoms with van der Waals surface area (Å²) in [7, 11) is 0. The molecule has 1 unspecified atom stereocenters. The Bertz CT molecular complexity index is 1210. The van der Waals surface area contributed by atoms with Crippen molar-refractivity contribution in [2.24, 2.45) is 0 Å². The van der Waals surface area contributed by atoms with Gasteiger partial charge in [-0.2, -0.15) is 0 Å². The lowest BCUT2D eigenvalue weighted by atomic mass is 10.0. The van der Waals surface area contributed by atoms with Crippen LogP contribution in [0.3, 0.4) is 0 Å². The van der Waals surface area contributed by atoms with Crippen LogP contribution in [0.1, 0.15) is 258 Å². The zero-order valence-electron chi connectivity index (χ0n) is 42.0. The van der Waals surface area contributed by atoms with Crippen molar-refractivity contribution in [1.29, 1.82) is 0 Å². The van der Waals surface area contributed by atoms with Gasteiger partial charge in [0.25, 0.3) is 0 Å². The van der Waals surface area contributed by atoms with Gasteiger partial charge >= 0.3 is 17.9 Å². The number of ether oxygens (including phenoxy) is 3. The predicted molar refractivity (Wildman–Crippen MR) is 274 cm³/mol. The van der Waals surface area contributed by atoms with E-state index in [2.05, 4.69) is 39.0 Å². The molecule has 0 radical (unpaired) electrons. The number of unbranched alkanes of at least 4 members (excludes halogenated alkanes) is 29. The number of rotatable bonds is 48. The zero-order valence-corrected chi connectivity index (χ0v) is 42.0. The molecule has 6 heteroatoms. The van der Waals surface area contributed by atoms with E-state index in [0.29, 0.717) is 19.3 Å². The highest BCUT2D eigenvalue weighted by atomic mass is 16.6. The van der Waals surface area contributed by atoms with Crippen molar-refractivity contribution in [3.8, 4) is 0 Å². The van der Waals surface area contributed by atoms with Crippen molar-refractivity contribution < 1.29 is 28.6 Å². The predicted octanol–water partition coefficient (Wildman–Crippen LogP) is 17.8.